The summed E-state index contributed by atoms with van der Waals surface area (Å²) in [6.07, 6.45) is 2.82. The number of rotatable bonds is 8. The van der Waals surface area contributed by atoms with E-state index in [0.29, 0.717) is 6.04 Å². The topological polar surface area (TPSA) is 24.5 Å². The van der Waals surface area contributed by atoms with Crippen molar-refractivity contribution in [2.75, 3.05) is 27.2 Å². The van der Waals surface area contributed by atoms with Crippen LogP contribution in [-0.2, 0) is 6.54 Å². The Morgan fingerprint density at radius 3 is 2.79 bits per heavy atom. The van der Waals surface area contributed by atoms with Gasteiger partial charge in [0.15, 0.2) is 0 Å². The zero-order chi connectivity index (χ0) is 13.7. The Kier molecular flexibility index (Phi) is 5.23. The molecule has 0 amide bonds. The predicted octanol–water partition coefficient (Wildman–Crippen LogP) is 2.52. The lowest BCUT2D eigenvalue weighted by Gasteiger charge is -2.20. The van der Waals surface area contributed by atoms with Crippen molar-refractivity contribution in [2.24, 2.45) is 5.92 Å². The van der Waals surface area contributed by atoms with Crippen molar-refractivity contribution in [2.45, 2.75) is 32.4 Å². The fourth-order valence-corrected chi connectivity index (χ4v) is 2.45. The van der Waals surface area contributed by atoms with Gasteiger partial charge in [0, 0.05) is 31.2 Å². The molecule has 1 atom stereocenters. The van der Waals surface area contributed by atoms with E-state index in [2.05, 4.69) is 36.3 Å². The Hall–Kier alpha value is -1.06. The molecule has 19 heavy (non-hydrogen) atoms. The summed E-state index contributed by atoms with van der Waals surface area (Å²) in [4.78, 5) is 2.34. The van der Waals surface area contributed by atoms with E-state index in [4.69, 9.17) is 4.74 Å². The molecule has 0 saturated heterocycles. The highest BCUT2D eigenvalue weighted by atomic mass is 16.5. The van der Waals surface area contributed by atoms with Gasteiger partial charge in [0.25, 0.3) is 0 Å². The van der Waals surface area contributed by atoms with Gasteiger partial charge in [-0.1, -0.05) is 18.2 Å². The molecular formula is C16H26N2O. The standard InChI is InChI=1S/C16H26N2O/c1-13(14-8-9-14)17-10-11-18(2)12-15-6-4-5-7-16(15)19-3/h4-7,13-14,17H,8-12H2,1-3H3. The van der Waals surface area contributed by atoms with Crippen LogP contribution < -0.4 is 10.1 Å². The maximum atomic E-state index is 5.39. The molecule has 1 N–H and O–H groups in total. The van der Waals surface area contributed by atoms with E-state index in [-0.39, 0.29) is 0 Å². The van der Waals surface area contributed by atoms with Crippen LogP contribution in [0.5, 0.6) is 5.75 Å². The molecule has 3 nitrogen and oxygen atoms in total. The van der Waals surface area contributed by atoms with Gasteiger partial charge in [0.2, 0.25) is 0 Å². The van der Waals surface area contributed by atoms with E-state index in [1.807, 2.05) is 12.1 Å². The number of likely N-dealkylation sites (N-methyl/N-ethyl adjacent to an activating group) is 1. The molecule has 1 aromatic rings. The lowest BCUT2D eigenvalue weighted by Crippen LogP contribution is -2.35. The average molecular weight is 262 g/mol. The quantitative estimate of drug-likeness (QED) is 0.779. The van der Waals surface area contributed by atoms with E-state index >= 15 is 0 Å². The van der Waals surface area contributed by atoms with Crippen LogP contribution in [0.15, 0.2) is 24.3 Å². The van der Waals surface area contributed by atoms with Crippen LogP contribution in [0.2, 0.25) is 0 Å². The summed E-state index contributed by atoms with van der Waals surface area (Å²) in [5, 5.41) is 3.62. The minimum Gasteiger partial charge on any atom is -0.496 e. The van der Waals surface area contributed by atoms with Gasteiger partial charge in [-0.05, 0) is 38.8 Å². The summed E-state index contributed by atoms with van der Waals surface area (Å²) in [7, 11) is 3.90. The van der Waals surface area contributed by atoms with Gasteiger partial charge in [0.05, 0.1) is 7.11 Å². The zero-order valence-electron chi connectivity index (χ0n) is 12.4. The molecule has 0 aliphatic heterocycles. The highest BCUT2D eigenvalue weighted by molar-refractivity contribution is 5.32. The van der Waals surface area contributed by atoms with Crippen molar-refractivity contribution in [3.8, 4) is 5.75 Å². The Morgan fingerprint density at radius 1 is 1.37 bits per heavy atom. The Bertz CT molecular complexity index is 390. The molecule has 3 heteroatoms. The van der Waals surface area contributed by atoms with Crippen molar-refractivity contribution >= 4 is 0 Å². The summed E-state index contributed by atoms with van der Waals surface area (Å²) in [6, 6.07) is 8.92. The number of hydrogen-bond donors (Lipinski definition) is 1. The second-order valence-corrected chi connectivity index (χ2v) is 5.63. The average Bonchev–Trinajstić information content (AvgIpc) is 3.23. The second kappa shape index (κ2) is 6.92. The first-order valence-corrected chi connectivity index (χ1v) is 7.24. The van der Waals surface area contributed by atoms with Crippen LogP contribution in [-0.4, -0.2) is 38.2 Å². The molecule has 0 spiro atoms. The van der Waals surface area contributed by atoms with Crippen LogP contribution in [0.4, 0.5) is 0 Å². The first-order valence-electron chi connectivity index (χ1n) is 7.24. The van der Waals surface area contributed by atoms with Crippen molar-refractivity contribution in [1.82, 2.24) is 10.2 Å². The molecule has 0 radical (unpaired) electrons. The summed E-state index contributed by atoms with van der Waals surface area (Å²) < 4.78 is 5.39. The third-order valence-electron chi connectivity index (χ3n) is 3.92. The minimum absolute atomic E-state index is 0.680. The number of nitrogens with one attached hydrogen (secondary N) is 1. The minimum atomic E-state index is 0.680. The molecule has 2 rings (SSSR count). The van der Waals surface area contributed by atoms with Gasteiger partial charge >= 0.3 is 0 Å². The van der Waals surface area contributed by atoms with Crippen molar-refractivity contribution in [1.29, 1.82) is 0 Å². The van der Waals surface area contributed by atoms with Crippen LogP contribution in [0, 0.1) is 5.92 Å². The molecule has 0 heterocycles. The number of ether oxygens (including phenoxy) is 1. The SMILES string of the molecule is COc1ccccc1CN(C)CCNC(C)C1CC1. The van der Waals surface area contributed by atoms with Crippen LogP contribution in [0.3, 0.4) is 0 Å². The first-order chi connectivity index (χ1) is 9.20. The monoisotopic (exact) mass is 262 g/mol. The molecule has 0 bridgehead atoms. The van der Waals surface area contributed by atoms with Crippen molar-refractivity contribution in [3.05, 3.63) is 29.8 Å². The number of nitrogens with zero attached hydrogens (tertiary/aromatic N) is 1. The molecule has 1 aromatic carbocycles. The molecule has 1 fully saturated rings. The fourth-order valence-electron chi connectivity index (χ4n) is 2.45. The molecular weight excluding hydrogens is 236 g/mol. The number of para-hydroxylation sites is 1. The van der Waals surface area contributed by atoms with Gasteiger partial charge in [-0.2, -0.15) is 0 Å². The van der Waals surface area contributed by atoms with Gasteiger partial charge in [-0.3, -0.25) is 0 Å². The van der Waals surface area contributed by atoms with Crippen molar-refractivity contribution < 1.29 is 4.74 Å². The molecule has 1 saturated carbocycles. The molecule has 0 aromatic heterocycles. The molecule has 1 aliphatic carbocycles. The van der Waals surface area contributed by atoms with E-state index < -0.39 is 0 Å². The van der Waals surface area contributed by atoms with E-state index in [1.54, 1.807) is 7.11 Å². The van der Waals surface area contributed by atoms with Gasteiger partial charge < -0.3 is 15.0 Å². The lowest BCUT2D eigenvalue weighted by atomic mass is 10.2. The lowest BCUT2D eigenvalue weighted by molar-refractivity contribution is 0.307. The van der Waals surface area contributed by atoms with Crippen molar-refractivity contribution in [3.63, 3.8) is 0 Å². The number of methoxy groups -OCH3 is 1. The van der Waals surface area contributed by atoms with Crippen LogP contribution in [0.25, 0.3) is 0 Å². The highest BCUT2D eigenvalue weighted by Crippen LogP contribution is 2.32. The third kappa shape index (κ3) is 4.51. The maximum absolute atomic E-state index is 5.39. The first kappa shape index (κ1) is 14.4. The zero-order valence-corrected chi connectivity index (χ0v) is 12.4. The normalized spacial score (nSPS) is 16.6. The maximum Gasteiger partial charge on any atom is 0.123 e. The van der Waals surface area contributed by atoms with E-state index in [0.717, 1.165) is 31.3 Å². The molecule has 1 unspecified atom stereocenters. The van der Waals surface area contributed by atoms with Gasteiger partial charge in [-0.15, -0.1) is 0 Å². The smallest absolute Gasteiger partial charge is 0.123 e. The third-order valence-corrected chi connectivity index (χ3v) is 3.92. The molecule has 1 aliphatic rings. The van der Waals surface area contributed by atoms with Crippen LogP contribution in [0.1, 0.15) is 25.3 Å². The summed E-state index contributed by atoms with van der Waals surface area (Å²) >= 11 is 0. The number of hydrogen-bond acceptors (Lipinski definition) is 3. The highest BCUT2D eigenvalue weighted by Gasteiger charge is 2.27. The summed E-state index contributed by atoms with van der Waals surface area (Å²) in [5.74, 6) is 1.91. The number of benzene rings is 1. The van der Waals surface area contributed by atoms with Gasteiger partial charge in [-0.25, -0.2) is 0 Å². The van der Waals surface area contributed by atoms with E-state index in [1.165, 1.54) is 18.4 Å². The summed E-state index contributed by atoms with van der Waals surface area (Å²) in [5.41, 5.74) is 1.25. The van der Waals surface area contributed by atoms with E-state index in [9.17, 15) is 0 Å². The fraction of sp³-hybridized carbons (Fsp3) is 0.625. The van der Waals surface area contributed by atoms with Gasteiger partial charge in [0.1, 0.15) is 5.75 Å². The second-order valence-electron chi connectivity index (χ2n) is 5.63. The molecule has 106 valence electrons. The Balaban J connectivity index is 1.72. The largest absolute Gasteiger partial charge is 0.496 e. The Morgan fingerprint density at radius 2 is 2.11 bits per heavy atom. The van der Waals surface area contributed by atoms with Crippen LogP contribution >= 0.6 is 0 Å². The Labute approximate surface area is 116 Å². The summed E-state index contributed by atoms with van der Waals surface area (Å²) in [6.45, 7) is 5.36. The predicted molar refractivity (Wildman–Crippen MR) is 79.5 cm³/mol.